The summed E-state index contributed by atoms with van der Waals surface area (Å²) in [5.41, 5.74) is 0.0707. The molecule has 1 heterocycles. The van der Waals surface area contributed by atoms with Crippen molar-refractivity contribution in [3.05, 3.63) is 23.9 Å². The molecule has 2 unspecified atom stereocenters. The summed E-state index contributed by atoms with van der Waals surface area (Å²) >= 11 is 0. The quantitative estimate of drug-likeness (QED) is 0.804. The van der Waals surface area contributed by atoms with E-state index in [0.29, 0.717) is 11.7 Å². The summed E-state index contributed by atoms with van der Waals surface area (Å²) in [6, 6.07) is 5.25. The highest BCUT2D eigenvalue weighted by molar-refractivity contribution is 5.85. The maximum Gasteiger partial charge on any atom is 0.354 e. The van der Waals surface area contributed by atoms with Gasteiger partial charge in [-0.3, -0.25) is 0 Å². The number of nitrogens with one attached hydrogen (secondary N) is 1. The lowest BCUT2D eigenvalue weighted by Crippen LogP contribution is -2.24. The van der Waals surface area contributed by atoms with Crippen LogP contribution in [-0.4, -0.2) is 22.1 Å². The zero-order valence-corrected chi connectivity index (χ0v) is 9.90. The molecule has 0 aliphatic carbocycles. The van der Waals surface area contributed by atoms with E-state index in [4.69, 9.17) is 5.11 Å². The summed E-state index contributed by atoms with van der Waals surface area (Å²) in [7, 11) is 0. The molecule has 0 radical (unpaired) electrons. The van der Waals surface area contributed by atoms with Gasteiger partial charge in [-0.15, -0.1) is 0 Å². The molecule has 4 heteroatoms. The molecule has 0 aliphatic heterocycles. The normalized spacial score (nSPS) is 14.2. The Morgan fingerprint density at radius 2 is 2.19 bits per heavy atom. The highest BCUT2D eigenvalue weighted by Crippen LogP contribution is 2.13. The molecule has 0 amide bonds. The molecular weight excluding hydrogens is 204 g/mol. The molecule has 2 N–H and O–H groups in total. The second-order valence-electron chi connectivity index (χ2n) is 4.03. The predicted octanol–water partition coefficient (Wildman–Crippen LogP) is 2.63. The van der Waals surface area contributed by atoms with Crippen LogP contribution in [0.4, 0.5) is 5.82 Å². The van der Waals surface area contributed by atoms with Crippen LogP contribution in [0, 0.1) is 5.92 Å². The Kier molecular flexibility index (Phi) is 4.28. The Hall–Kier alpha value is -1.58. The number of carboxylic acids is 1. The summed E-state index contributed by atoms with van der Waals surface area (Å²) in [6.45, 7) is 6.35. The van der Waals surface area contributed by atoms with Gasteiger partial charge >= 0.3 is 5.97 Å². The van der Waals surface area contributed by atoms with Gasteiger partial charge in [0.25, 0.3) is 0 Å². The average molecular weight is 222 g/mol. The zero-order chi connectivity index (χ0) is 12.1. The van der Waals surface area contributed by atoms with Crippen molar-refractivity contribution in [2.45, 2.75) is 33.2 Å². The van der Waals surface area contributed by atoms with Crippen LogP contribution in [-0.2, 0) is 0 Å². The van der Waals surface area contributed by atoms with E-state index in [1.54, 1.807) is 12.1 Å². The van der Waals surface area contributed by atoms with E-state index in [-0.39, 0.29) is 11.7 Å². The molecule has 0 saturated carbocycles. The summed E-state index contributed by atoms with van der Waals surface area (Å²) < 4.78 is 0. The van der Waals surface area contributed by atoms with E-state index in [9.17, 15) is 4.79 Å². The third-order valence-electron chi connectivity index (χ3n) is 2.84. The number of nitrogens with zero attached hydrogens (tertiary/aromatic N) is 1. The minimum absolute atomic E-state index is 0.0707. The smallest absolute Gasteiger partial charge is 0.354 e. The molecule has 4 nitrogen and oxygen atoms in total. The highest BCUT2D eigenvalue weighted by atomic mass is 16.4. The molecule has 0 fully saturated rings. The van der Waals surface area contributed by atoms with Crippen molar-refractivity contribution < 1.29 is 9.90 Å². The fourth-order valence-electron chi connectivity index (χ4n) is 1.36. The molecule has 0 aliphatic rings. The van der Waals surface area contributed by atoms with Gasteiger partial charge in [-0.25, -0.2) is 9.78 Å². The average Bonchev–Trinajstić information content (AvgIpc) is 2.28. The van der Waals surface area contributed by atoms with Gasteiger partial charge in [0, 0.05) is 6.04 Å². The number of aromatic carboxylic acids is 1. The number of carboxylic acid groups (broad SMARTS) is 1. The first-order valence-corrected chi connectivity index (χ1v) is 5.51. The molecular formula is C12H18N2O2. The first-order valence-electron chi connectivity index (χ1n) is 5.51. The lowest BCUT2D eigenvalue weighted by molar-refractivity contribution is 0.0690. The minimum Gasteiger partial charge on any atom is -0.477 e. The zero-order valence-electron chi connectivity index (χ0n) is 9.90. The van der Waals surface area contributed by atoms with Crippen LogP contribution in [0.15, 0.2) is 18.2 Å². The van der Waals surface area contributed by atoms with E-state index in [0.717, 1.165) is 6.42 Å². The maximum atomic E-state index is 10.7. The van der Waals surface area contributed by atoms with Crippen LogP contribution in [0.3, 0.4) is 0 Å². The maximum absolute atomic E-state index is 10.7. The van der Waals surface area contributed by atoms with Crippen LogP contribution in [0.25, 0.3) is 0 Å². The molecule has 0 saturated heterocycles. The summed E-state index contributed by atoms with van der Waals surface area (Å²) in [6.07, 6.45) is 1.08. The first kappa shape index (κ1) is 12.5. The summed E-state index contributed by atoms with van der Waals surface area (Å²) in [4.78, 5) is 14.8. The van der Waals surface area contributed by atoms with E-state index in [2.05, 4.69) is 31.1 Å². The first-order chi connectivity index (χ1) is 7.54. The SMILES string of the molecule is CCC(C)C(C)Nc1cccc(C(=O)O)n1. The van der Waals surface area contributed by atoms with Crippen LogP contribution < -0.4 is 5.32 Å². The number of rotatable bonds is 5. The molecule has 1 rings (SSSR count). The fraction of sp³-hybridized carbons (Fsp3) is 0.500. The highest BCUT2D eigenvalue weighted by Gasteiger charge is 2.11. The van der Waals surface area contributed by atoms with Gasteiger partial charge in [0.1, 0.15) is 5.82 Å². The van der Waals surface area contributed by atoms with E-state index in [1.165, 1.54) is 6.07 Å². The monoisotopic (exact) mass is 222 g/mol. The van der Waals surface area contributed by atoms with Gasteiger partial charge in [-0.2, -0.15) is 0 Å². The molecule has 0 bridgehead atoms. The second kappa shape index (κ2) is 5.49. The molecule has 1 aromatic rings. The van der Waals surface area contributed by atoms with Crippen molar-refractivity contribution in [2.24, 2.45) is 5.92 Å². The van der Waals surface area contributed by atoms with Crippen molar-refractivity contribution in [3.8, 4) is 0 Å². The van der Waals surface area contributed by atoms with Gasteiger partial charge in [-0.05, 0) is 25.0 Å². The van der Waals surface area contributed by atoms with Crippen molar-refractivity contribution >= 4 is 11.8 Å². The second-order valence-corrected chi connectivity index (χ2v) is 4.03. The van der Waals surface area contributed by atoms with Gasteiger partial charge in [-0.1, -0.05) is 26.3 Å². The number of hydrogen-bond donors (Lipinski definition) is 2. The molecule has 0 spiro atoms. The number of hydrogen-bond acceptors (Lipinski definition) is 3. The Morgan fingerprint density at radius 3 is 2.75 bits per heavy atom. The lowest BCUT2D eigenvalue weighted by Gasteiger charge is -2.20. The lowest BCUT2D eigenvalue weighted by atomic mass is 10.0. The molecule has 88 valence electrons. The number of aromatic nitrogens is 1. The van der Waals surface area contributed by atoms with E-state index in [1.807, 2.05) is 0 Å². The number of anilines is 1. The summed E-state index contributed by atoms with van der Waals surface area (Å²) in [5, 5.41) is 12.0. The van der Waals surface area contributed by atoms with Crippen molar-refractivity contribution in [1.82, 2.24) is 4.98 Å². The summed E-state index contributed by atoms with van der Waals surface area (Å²) in [5.74, 6) is 0.142. The van der Waals surface area contributed by atoms with E-state index >= 15 is 0 Å². The Bertz CT molecular complexity index is 366. The van der Waals surface area contributed by atoms with Crippen molar-refractivity contribution in [2.75, 3.05) is 5.32 Å². The molecule has 0 aromatic carbocycles. The van der Waals surface area contributed by atoms with Crippen LogP contribution >= 0.6 is 0 Å². The molecule has 2 atom stereocenters. The largest absolute Gasteiger partial charge is 0.477 e. The Morgan fingerprint density at radius 1 is 1.50 bits per heavy atom. The number of pyridine rings is 1. The van der Waals surface area contributed by atoms with Crippen LogP contribution in [0.1, 0.15) is 37.7 Å². The van der Waals surface area contributed by atoms with Gasteiger partial charge in [0.05, 0.1) is 0 Å². The number of carbonyl (C=O) groups is 1. The van der Waals surface area contributed by atoms with Gasteiger partial charge < -0.3 is 10.4 Å². The molecule has 16 heavy (non-hydrogen) atoms. The predicted molar refractivity (Wildman–Crippen MR) is 63.7 cm³/mol. The Balaban J connectivity index is 2.74. The topological polar surface area (TPSA) is 62.2 Å². The molecule has 1 aromatic heterocycles. The van der Waals surface area contributed by atoms with Crippen molar-refractivity contribution in [3.63, 3.8) is 0 Å². The van der Waals surface area contributed by atoms with E-state index < -0.39 is 5.97 Å². The van der Waals surface area contributed by atoms with Crippen LogP contribution in [0.5, 0.6) is 0 Å². The minimum atomic E-state index is -1.00. The van der Waals surface area contributed by atoms with Crippen LogP contribution in [0.2, 0.25) is 0 Å². The third kappa shape index (κ3) is 3.22. The Labute approximate surface area is 95.7 Å². The van der Waals surface area contributed by atoms with Crippen molar-refractivity contribution in [1.29, 1.82) is 0 Å². The van der Waals surface area contributed by atoms with Gasteiger partial charge in [0.2, 0.25) is 0 Å². The van der Waals surface area contributed by atoms with Gasteiger partial charge in [0.15, 0.2) is 5.69 Å². The standard InChI is InChI=1S/C12H18N2O2/c1-4-8(2)9(3)13-11-7-5-6-10(14-11)12(15)16/h5-9H,4H2,1-3H3,(H,13,14)(H,15,16). The fourth-order valence-corrected chi connectivity index (χ4v) is 1.36. The third-order valence-corrected chi connectivity index (χ3v) is 2.84.